The first-order valence-electron chi connectivity index (χ1n) is 6.38. The third kappa shape index (κ3) is 5.23. The molecule has 0 aromatic heterocycles. The van der Waals surface area contributed by atoms with Crippen molar-refractivity contribution in [3.8, 4) is 5.75 Å². The Kier molecular flexibility index (Phi) is 6.45. The Morgan fingerprint density at radius 2 is 2.30 bits per heavy atom. The van der Waals surface area contributed by atoms with Gasteiger partial charge in [0.25, 0.3) is 5.69 Å². The summed E-state index contributed by atoms with van der Waals surface area (Å²) < 4.78 is 5.35. The molecule has 110 valence electrons. The van der Waals surface area contributed by atoms with Gasteiger partial charge < -0.3 is 15.2 Å². The Morgan fingerprint density at radius 3 is 2.90 bits per heavy atom. The Hall–Kier alpha value is -2.15. The van der Waals surface area contributed by atoms with Gasteiger partial charge in [-0.2, -0.15) is 0 Å². The lowest BCUT2D eigenvalue weighted by atomic mass is 10.2. The molecule has 1 aromatic carbocycles. The van der Waals surface area contributed by atoms with Crippen LogP contribution in [-0.2, 0) is 4.79 Å². The molecule has 2 N–H and O–H groups in total. The average molecular weight is 282 g/mol. The predicted octanol–water partition coefficient (Wildman–Crippen LogP) is 1.82. The van der Waals surface area contributed by atoms with Crippen molar-refractivity contribution in [3.05, 3.63) is 34.4 Å². The van der Waals surface area contributed by atoms with Crippen LogP contribution in [0.15, 0.2) is 24.3 Å². The van der Waals surface area contributed by atoms with Crippen molar-refractivity contribution >= 4 is 11.7 Å². The van der Waals surface area contributed by atoms with Crippen molar-refractivity contribution in [2.24, 2.45) is 0 Å². The summed E-state index contributed by atoms with van der Waals surface area (Å²) in [5.41, 5.74) is -0.0543. The van der Waals surface area contributed by atoms with Crippen molar-refractivity contribution in [2.45, 2.75) is 25.8 Å². The molecule has 7 nitrogen and oxygen atoms in total. The molecule has 0 saturated carbocycles. The third-order valence-electron chi connectivity index (χ3n) is 2.64. The van der Waals surface area contributed by atoms with Gasteiger partial charge in [-0.25, -0.2) is 0 Å². The van der Waals surface area contributed by atoms with Crippen LogP contribution in [0.3, 0.4) is 0 Å². The number of nitro benzene ring substituents is 1. The fraction of sp³-hybridized carbons (Fsp3) is 0.462. The Labute approximate surface area is 116 Å². The number of aliphatic carboxylic acids is 1. The van der Waals surface area contributed by atoms with Crippen molar-refractivity contribution < 1.29 is 19.6 Å². The molecule has 1 aromatic rings. The monoisotopic (exact) mass is 282 g/mol. The number of hydrogen-bond acceptors (Lipinski definition) is 5. The van der Waals surface area contributed by atoms with E-state index in [1.807, 2.05) is 6.92 Å². The summed E-state index contributed by atoms with van der Waals surface area (Å²) in [6, 6.07) is 5.14. The van der Waals surface area contributed by atoms with E-state index in [1.165, 1.54) is 18.2 Å². The Bertz CT molecular complexity index is 464. The third-order valence-corrected chi connectivity index (χ3v) is 2.64. The first-order chi connectivity index (χ1) is 9.54. The molecule has 20 heavy (non-hydrogen) atoms. The number of nitrogens with one attached hydrogen (secondary N) is 1. The molecule has 0 aliphatic rings. The second-order valence-electron chi connectivity index (χ2n) is 4.24. The van der Waals surface area contributed by atoms with Crippen LogP contribution in [0, 0.1) is 10.1 Å². The molecule has 0 radical (unpaired) electrons. The van der Waals surface area contributed by atoms with Gasteiger partial charge in [0.15, 0.2) is 0 Å². The molecule has 7 heteroatoms. The van der Waals surface area contributed by atoms with E-state index >= 15 is 0 Å². The molecule has 0 bridgehead atoms. The minimum Gasteiger partial charge on any atom is -0.493 e. The number of carboxylic acids is 1. The predicted molar refractivity (Wildman–Crippen MR) is 72.9 cm³/mol. The zero-order valence-electron chi connectivity index (χ0n) is 11.2. The molecule has 1 atom stereocenters. The number of nitrogens with zero attached hydrogens (tertiary/aromatic N) is 1. The van der Waals surface area contributed by atoms with E-state index in [4.69, 9.17) is 9.84 Å². The van der Waals surface area contributed by atoms with Crippen molar-refractivity contribution in [1.82, 2.24) is 5.32 Å². The first kappa shape index (κ1) is 15.9. The minimum absolute atomic E-state index is 0.0543. The van der Waals surface area contributed by atoms with Crippen molar-refractivity contribution in [3.63, 3.8) is 0 Å². The van der Waals surface area contributed by atoms with Crippen LogP contribution in [0.25, 0.3) is 0 Å². The summed E-state index contributed by atoms with van der Waals surface area (Å²) in [7, 11) is 0. The number of benzene rings is 1. The van der Waals surface area contributed by atoms with Crippen LogP contribution in [0.5, 0.6) is 5.75 Å². The maximum Gasteiger partial charge on any atom is 0.320 e. The highest BCUT2D eigenvalue weighted by Crippen LogP contribution is 2.19. The van der Waals surface area contributed by atoms with Crippen molar-refractivity contribution in [1.29, 1.82) is 0 Å². The van der Waals surface area contributed by atoms with E-state index in [1.54, 1.807) is 6.07 Å². The van der Waals surface area contributed by atoms with Gasteiger partial charge in [-0.15, -0.1) is 0 Å². The molecular formula is C13H18N2O5. The lowest BCUT2D eigenvalue weighted by Crippen LogP contribution is -2.38. The second-order valence-corrected chi connectivity index (χ2v) is 4.24. The fourth-order valence-corrected chi connectivity index (χ4v) is 1.61. The summed E-state index contributed by atoms with van der Waals surface area (Å²) in [5, 5.41) is 22.5. The maximum absolute atomic E-state index is 11.0. The second kappa shape index (κ2) is 8.11. The molecule has 0 aliphatic heterocycles. The van der Waals surface area contributed by atoms with Gasteiger partial charge >= 0.3 is 5.97 Å². The van der Waals surface area contributed by atoms with E-state index < -0.39 is 16.9 Å². The molecule has 1 unspecified atom stereocenters. The number of nitro groups is 1. The van der Waals surface area contributed by atoms with Gasteiger partial charge in [0.05, 0.1) is 17.6 Å². The Morgan fingerprint density at radius 1 is 1.55 bits per heavy atom. The van der Waals surface area contributed by atoms with Gasteiger partial charge in [-0.05, 0) is 19.0 Å². The quantitative estimate of drug-likeness (QED) is 0.529. The normalized spacial score (nSPS) is 11.8. The highest BCUT2D eigenvalue weighted by atomic mass is 16.6. The van der Waals surface area contributed by atoms with E-state index in [0.717, 1.165) is 6.42 Å². The summed E-state index contributed by atoms with van der Waals surface area (Å²) in [5.74, 6) is -0.570. The fourth-order valence-electron chi connectivity index (χ4n) is 1.61. The van der Waals surface area contributed by atoms with Gasteiger partial charge in [0.1, 0.15) is 11.8 Å². The van der Waals surface area contributed by atoms with Crippen LogP contribution < -0.4 is 10.1 Å². The SMILES string of the molecule is CCCNC(CCOc1cccc([N+](=O)[O-])c1)C(=O)O. The lowest BCUT2D eigenvalue weighted by Gasteiger charge is -2.14. The molecular weight excluding hydrogens is 264 g/mol. The zero-order valence-corrected chi connectivity index (χ0v) is 11.2. The van der Waals surface area contributed by atoms with Crippen molar-refractivity contribution in [2.75, 3.05) is 13.2 Å². The van der Waals surface area contributed by atoms with E-state index in [2.05, 4.69) is 5.32 Å². The van der Waals surface area contributed by atoms with E-state index in [9.17, 15) is 14.9 Å². The van der Waals surface area contributed by atoms with Crippen LogP contribution in [-0.4, -0.2) is 35.2 Å². The molecule has 0 aliphatic carbocycles. The summed E-state index contributed by atoms with van der Waals surface area (Å²) in [6.07, 6.45) is 1.13. The number of carboxylic acid groups (broad SMARTS) is 1. The molecule has 0 fully saturated rings. The number of ether oxygens (including phenoxy) is 1. The summed E-state index contributed by atoms with van der Waals surface area (Å²) in [6.45, 7) is 2.74. The van der Waals surface area contributed by atoms with Crippen LogP contribution in [0.2, 0.25) is 0 Å². The van der Waals surface area contributed by atoms with Gasteiger partial charge in [0.2, 0.25) is 0 Å². The topological polar surface area (TPSA) is 102 Å². The minimum atomic E-state index is -0.930. The highest BCUT2D eigenvalue weighted by molar-refractivity contribution is 5.73. The zero-order chi connectivity index (χ0) is 15.0. The van der Waals surface area contributed by atoms with Gasteiger partial charge in [-0.1, -0.05) is 13.0 Å². The maximum atomic E-state index is 11.0. The smallest absolute Gasteiger partial charge is 0.320 e. The standard InChI is InChI=1S/C13H18N2O5/c1-2-7-14-12(13(16)17)6-8-20-11-5-3-4-10(9-11)15(18)19/h3-5,9,12,14H,2,6-8H2,1H3,(H,16,17). The van der Waals surface area contributed by atoms with Crippen LogP contribution >= 0.6 is 0 Å². The molecule has 0 saturated heterocycles. The van der Waals surface area contributed by atoms with Crippen LogP contribution in [0.4, 0.5) is 5.69 Å². The lowest BCUT2D eigenvalue weighted by molar-refractivity contribution is -0.384. The largest absolute Gasteiger partial charge is 0.493 e. The number of rotatable bonds is 9. The molecule has 0 heterocycles. The summed E-state index contributed by atoms with van der Waals surface area (Å²) in [4.78, 5) is 21.1. The average Bonchev–Trinajstić information content (AvgIpc) is 2.42. The summed E-state index contributed by atoms with van der Waals surface area (Å²) >= 11 is 0. The first-order valence-corrected chi connectivity index (χ1v) is 6.38. The van der Waals surface area contributed by atoms with Gasteiger partial charge in [-0.3, -0.25) is 14.9 Å². The van der Waals surface area contributed by atoms with Crippen LogP contribution in [0.1, 0.15) is 19.8 Å². The molecule has 0 spiro atoms. The van der Waals surface area contributed by atoms with E-state index in [0.29, 0.717) is 12.3 Å². The Balaban J connectivity index is 2.47. The number of non-ortho nitro benzene ring substituents is 1. The highest BCUT2D eigenvalue weighted by Gasteiger charge is 2.16. The van der Waals surface area contributed by atoms with E-state index in [-0.39, 0.29) is 18.7 Å². The number of carbonyl (C=O) groups is 1. The number of hydrogen-bond donors (Lipinski definition) is 2. The molecule has 1 rings (SSSR count). The van der Waals surface area contributed by atoms with Gasteiger partial charge in [0, 0.05) is 12.5 Å². The molecule has 0 amide bonds.